The molecule has 1 aromatic carbocycles. The van der Waals surface area contributed by atoms with Gasteiger partial charge >= 0.3 is 0 Å². The first kappa shape index (κ1) is 19.8. The first-order valence-corrected chi connectivity index (χ1v) is 10.1. The summed E-state index contributed by atoms with van der Waals surface area (Å²) in [5, 5.41) is 10.3. The summed E-state index contributed by atoms with van der Waals surface area (Å²) >= 11 is 1.34. The normalized spacial score (nSPS) is 11.1. The van der Waals surface area contributed by atoms with Crippen LogP contribution in [0.25, 0.3) is 0 Å². The van der Waals surface area contributed by atoms with Gasteiger partial charge in [-0.1, -0.05) is 18.2 Å². The lowest BCUT2D eigenvalue weighted by atomic mass is 10.1. The van der Waals surface area contributed by atoms with Crippen molar-refractivity contribution in [3.8, 4) is 0 Å². The van der Waals surface area contributed by atoms with Gasteiger partial charge in [-0.05, 0) is 31.4 Å². The van der Waals surface area contributed by atoms with Gasteiger partial charge in [0.05, 0.1) is 10.6 Å². The maximum absolute atomic E-state index is 12.3. The van der Waals surface area contributed by atoms with Crippen LogP contribution in [-0.2, 0) is 16.4 Å². The van der Waals surface area contributed by atoms with Crippen molar-refractivity contribution in [3.63, 3.8) is 0 Å². The smallest absolute Gasteiger partial charge is 0.278 e. The van der Waals surface area contributed by atoms with Crippen LogP contribution >= 0.6 is 11.3 Å². The van der Waals surface area contributed by atoms with E-state index in [9.17, 15) is 8.42 Å². The van der Waals surface area contributed by atoms with Crippen molar-refractivity contribution in [2.24, 2.45) is 22.3 Å². The van der Waals surface area contributed by atoms with Gasteiger partial charge in [0.25, 0.3) is 10.0 Å². The van der Waals surface area contributed by atoms with E-state index in [4.69, 9.17) is 22.7 Å². The summed E-state index contributed by atoms with van der Waals surface area (Å²) < 4.78 is 25.2. The topological polar surface area (TPSA) is 165 Å². The maximum atomic E-state index is 12.3. The molecular weight excluding hydrogens is 374 g/mol. The van der Waals surface area contributed by atoms with Gasteiger partial charge in [0.1, 0.15) is 5.84 Å². The van der Waals surface area contributed by atoms with Crippen molar-refractivity contribution in [3.05, 3.63) is 41.4 Å². The summed E-state index contributed by atoms with van der Waals surface area (Å²) in [6, 6.07) is 7.81. The van der Waals surface area contributed by atoms with E-state index in [2.05, 4.69) is 9.98 Å². The highest BCUT2D eigenvalue weighted by atomic mass is 32.2. The number of aliphatic imine (C=N–C) groups is 1. The molecule has 0 aliphatic rings. The molecule has 7 N–H and O–H groups in total. The summed E-state index contributed by atoms with van der Waals surface area (Å²) in [6.07, 6.45) is 2.26. The molecular formula is C15H21N7O2S2. The number of benzene rings is 1. The summed E-state index contributed by atoms with van der Waals surface area (Å²) in [5.41, 5.74) is 11.4. The number of hydrazine groups is 1. The van der Waals surface area contributed by atoms with Gasteiger partial charge in [-0.15, -0.1) is 11.3 Å². The number of unbranched alkanes of at least 4 members (excludes halogenated alkanes) is 1. The lowest BCUT2D eigenvalue weighted by Crippen LogP contribution is -2.42. The Balaban J connectivity index is 1.83. The van der Waals surface area contributed by atoms with Crippen molar-refractivity contribution in [2.75, 3.05) is 0 Å². The zero-order valence-electron chi connectivity index (χ0n) is 14.0. The third-order valence-electron chi connectivity index (χ3n) is 3.43. The molecule has 1 heterocycles. The molecule has 11 heteroatoms. The Hall–Kier alpha value is -2.50. The molecule has 0 fully saturated rings. The lowest BCUT2D eigenvalue weighted by molar-refractivity contribution is 0.523. The lowest BCUT2D eigenvalue weighted by Gasteiger charge is -2.19. The fourth-order valence-electron chi connectivity index (χ4n) is 2.13. The number of thiazole rings is 1. The molecule has 0 aliphatic heterocycles. The monoisotopic (exact) mass is 395 g/mol. The number of nitrogens with zero attached hydrogens (tertiary/aromatic N) is 3. The standard InChI is InChI=1S/C15H21N7O2S2/c16-13(22(19)26(23,24)12-7-2-1-3-8-12)9-5-4-6-11-10-25-15(20-11)21-14(17)18/h1-3,7-8,10,16H,4-6,9,19H2,(H4,17,18,20,21). The molecule has 0 saturated carbocycles. The van der Waals surface area contributed by atoms with E-state index in [0.29, 0.717) is 22.4 Å². The number of nitrogens with one attached hydrogen (secondary N) is 1. The van der Waals surface area contributed by atoms with Gasteiger partial charge in [-0.3, -0.25) is 5.41 Å². The molecule has 140 valence electrons. The van der Waals surface area contributed by atoms with Crippen LogP contribution in [0.5, 0.6) is 0 Å². The third kappa shape index (κ3) is 5.25. The Kier molecular flexibility index (Phi) is 6.66. The largest absolute Gasteiger partial charge is 0.370 e. The van der Waals surface area contributed by atoms with Crippen molar-refractivity contribution >= 4 is 38.3 Å². The summed E-state index contributed by atoms with van der Waals surface area (Å²) in [6.45, 7) is 0. The van der Waals surface area contributed by atoms with Gasteiger partial charge in [-0.2, -0.15) is 17.8 Å². The molecule has 26 heavy (non-hydrogen) atoms. The van der Waals surface area contributed by atoms with Gasteiger partial charge in [0, 0.05) is 11.8 Å². The number of sulfonamides is 1. The predicted octanol–water partition coefficient (Wildman–Crippen LogP) is 1.30. The van der Waals surface area contributed by atoms with Crippen LogP contribution in [0.3, 0.4) is 0 Å². The van der Waals surface area contributed by atoms with E-state index in [1.807, 2.05) is 5.38 Å². The van der Waals surface area contributed by atoms with E-state index in [1.165, 1.54) is 23.5 Å². The fraction of sp³-hybridized carbons (Fsp3) is 0.267. The maximum Gasteiger partial charge on any atom is 0.278 e. The van der Waals surface area contributed by atoms with E-state index in [-0.39, 0.29) is 23.1 Å². The number of nitrogens with two attached hydrogens (primary N) is 3. The van der Waals surface area contributed by atoms with Crippen LogP contribution in [0.4, 0.5) is 5.13 Å². The highest BCUT2D eigenvalue weighted by molar-refractivity contribution is 7.89. The molecule has 0 atom stereocenters. The molecule has 0 radical (unpaired) electrons. The fourth-order valence-corrected chi connectivity index (χ4v) is 3.98. The molecule has 0 saturated heterocycles. The van der Waals surface area contributed by atoms with Crippen LogP contribution < -0.4 is 17.3 Å². The number of hydrogen-bond acceptors (Lipinski definition) is 7. The van der Waals surface area contributed by atoms with E-state index in [0.717, 1.165) is 12.1 Å². The average Bonchev–Trinajstić information content (AvgIpc) is 3.05. The Morgan fingerprint density at radius 1 is 1.23 bits per heavy atom. The molecule has 0 unspecified atom stereocenters. The second-order valence-electron chi connectivity index (χ2n) is 5.43. The third-order valence-corrected chi connectivity index (χ3v) is 5.82. The Morgan fingerprint density at radius 2 is 1.92 bits per heavy atom. The molecule has 9 nitrogen and oxygen atoms in total. The van der Waals surface area contributed by atoms with Crippen LogP contribution in [0.2, 0.25) is 0 Å². The van der Waals surface area contributed by atoms with Crippen LogP contribution in [0.1, 0.15) is 25.0 Å². The first-order chi connectivity index (χ1) is 12.3. The average molecular weight is 396 g/mol. The minimum Gasteiger partial charge on any atom is -0.370 e. The quantitative estimate of drug-likeness (QED) is 0.173. The second-order valence-corrected chi connectivity index (χ2v) is 8.08. The summed E-state index contributed by atoms with van der Waals surface area (Å²) in [4.78, 5) is 8.20. The number of hydrogen-bond donors (Lipinski definition) is 4. The summed E-state index contributed by atoms with van der Waals surface area (Å²) in [7, 11) is -3.90. The number of aromatic nitrogens is 1. The van der Waals surface area contributed by atoms with E-state index in [1.54, 1.807) is 18.2 Å². The van der Waals surface area contributed by atoms with Crippen molar-refractivity contribution in [2.45, 2.75) is 30.6 Å². The van der Waals surface area contributed by atoms with Crippen LogP contribution in [0, 0.1) is 5.41 Å². The SMILES string of the molecule is N=C(CCCCc1csc(N=C(N)N)n1)N(N)S(=O)(=O)c1ccccc1. The van der Waals surface area contributed by atoms with Crippen molar-refractivity contribution < 1.29 is 8.42 Å². The number of guanidine groups is 1. The predicted molar refractivity (Wildman–Crippen MR) is 103 cm³/mol. The van der Waals surface area contributed by atoms with E-state index >= 15 is 0 Å². The van der Waals surface area contributed by atoms with Gasteiger partial charge in [0.15, 0.2) is 5.96 Å². The minimum atomic E-state index is -3.90. The highest BCUT2D eigenvalue weighted by Gasteiger charge is 2.23. The zero-order chi connectivity index (χ0) is 19.2. The molecule has 2 rings (SSSR count). The Labute approximate surface area is 156 Å². The first-order valence-electron chi connectivity index (χ1n) is 7.77. The highest BCUT2D eigenvalue weighted by Crippen LogP contribution is 2.20. The second kappa shape index (κ2) is 8.74. The van der Waals surface area contributed by atoms with Crippen LogP contribution in [0.15, 0.2) is 45.6 Å². The molecule has 0 spiro atoms. The van der Waals surface area contributed by atoms with Gasteiger partial charge in [0.2, 0.25) is 5.13 Å². The molecule has 0 bridgehead atoms. The number of aryl methyl sites for hydroxylation is 1. The molecule has 2 aromatic rings. The zero-order valence-corrected chi connectivity index (χ0v) is 15.6. The molecule has 0 amide bonds. The van der Waals surface area contributed by atoms with Crippen molar-refractivity contribution in [1.29, 1.82) is 5.41 Å². The minimum absolute atomic E-state index is 0.0398. The number of rotatable bonds is 8. The molecule has 0 aliphatic carbocycles. The summed E-state index contributed by atoms with van der Waals surface area (Å²) in [5.74, 6) is 5.44. The number of amidine groups is 1. The van der Waals surface area contributed by atoms with Gasteiger partial charge < -0.3 is 11.5 Å². The Morgan fingerprint density at radius 3 is 2.58 bits per heavy atom. The molecule has 1 aromatic heterocycles. The van der Waals surface area contributed by atoms with E-state index < -0.39 is 10.0 Å². The van der Waals surface area contributed by atoms with Crippen molar-refractivity contribution in [1.82, 2.24) is 9.40 Å². The van der Waals surface area contributed by atoms with Crippen LogP contribution in [-0.4, -0.2) is 29.6 Å². The Bertz CT molecular complexity index is 874. The van der Waals surface area contributed by atoms with Gasteiger partial charge in [-0.25, -0.2) is 10.8 Å².